The first-order valence-electron chi connectivity index (χ1n) is 10.3. The lowest BCUT2D eigenvalue weighted by Crippen LogP contribution is -2.49. The highest BCUT2D eigenvalue weighted by Gasteiger charge is 2.28. The van der Waals surface area contributed by atoms with Crippen LogP contribution >= 0.6 is 11.3 Å². The van der Waals surface area contributed by atoms with Crippen molar-refractivity contribution in [3.8, 4) is 11.1 Å². The molecule has 0 unspecified atom stereocenters. The van der Waals surface area contributed by atoms with Gasteiger partial charge in [0.25, 0.3) is 11.5 Å². The number of carbonyl (C=O) groups excluding carboxylic acids is 1. The van der Waals surface area contributed by atoms with Gasteiger partial charge in [0.2, 0.25) is 0 Å². The lowest BCUT2D eigenvalue weighted by atomic mass is 10.1. The summed E-state index contributed by atoms with van der Waals surface area (Å²) in [5.74, 6) is 0.937. The number of carbonyl (C=O) groups is 1. The Morgan fingerprint density at radius 2 is 1.90 bits per heavy atom. The minimum absolute atomic E-state index is 0.0553. The first-order chi connectivity index (χ1) is 15.1. The van der Waals surface area contributed by atoms with E-state index in [0.717, 1.165) is 16.0 Å². The molecule has 0 spiro atoms. The number of aromatic amines is 1. The number of aromatic nitrogens is 2. The standard InChI is InChI=1S/C23H22N4O3S/c1-15(26-9-11-27(12-10-26)23(29)18-8-5-13-30-18)20-24-21(28)19-17(14-31-22(19)25-20)16-6-3-2-4-7-16/h2-8,13-15H,9-12H2,1H3,(H,24,25,28)/t15-/m0/s1. The summed E-state index contributed by atoms with van der Waals surface area (Å²) < 4.78 is 5.23. The van der Waals surface area contributed by atoms with Gasteiger partial charge in [-0.05, 0) is 24.6 Å². The number of H-pyrrole nitrogens is 1. The summed E-state index contributed by atoms with van der Waals surface area (Å²) in [7, 11) is 0. The molecule has 1 aromatic carbocycles. The maximum Gasteiger partial charge on any atom is 0.289 e. The van der Waals surface area contributed by atoms with E-state index in [0.29, 0.717) is 43.1 Å². The molecule has 31 heavy (non-hydrogen) atoms. The van der Waals surface area contributed by atoms with Crippen molar-refractivity contribution in [3.05, 3.63) is 76.0 Å². The van der Waals surface area contributed by atoms with Gasteiger partial charge in [-0.1, -0.05) is 30.3 Å². The van der Waals surface area contributed by atoms with Crippen LogP contribution in [0, 0.1) is 0 Å². The molecule has 8 heteroatoms. The minimum atomic E-state index is -0.112. The maximum absolute atomic E-state index is 12.9. The number of thiophene rings is 1. The van der Waals surface area contributed by atoms with Crippen molar-refractivity contribution in [2.24, 2.45) is 0 Å². The number of nitrogens with zero attached hydrogens (tertiary/aromatic N) is 3. The molecular formula is C23H22N4O3S. The number of hydrogen-bond donors (Lipinski definition) is 1. The highest BCUT2D eigenvalue weighted by molar-refractivity contribution is 7.17. The van der Waals surface area contributed by atoms with Crippen LogP contribution in [0.1, 0.15) is 29.3 Å². The lowest BCUT2D eigenvalue weighted by molar-refractivity contribution is 0.0547. The van der Waals surface area contributed by atoms with Crippen molar-refractivity contribution in [3.63, 3.8) is 0 Å². The molecular weight excluding hydrogens is 412 g/mol. The van der Waals surface area contributed by atoms with Crippen LogP contribution in [0.3, 0.4) is 0 Å². The second kappa shape index (κ2) is 8.13. The molecule has 0 bridgehead atoms. The SMILES string of the molecule is C[C@@H](c1nc2scc(-c3ccccc3)c2c(=O)[nH]1)N1CCN(C(=O)c2ccco2)CC1. The molecule has 1 amide bonds. The van der Waals surface area contributed by atoms with Crippen molar-refractivity contribution in [2.75, 3.05) is 26.2 Å². The largest absolute Gasteiger partial charge is 0.459 e. The zero-order valence-corrected chi connectivity index (χ0v) is 17.9. The van der Waals surface area contributed by atoms with E-state index in [1.807, 2.05) is 42.6 Å². The number of benzene rings is 1. The predicted octanol–water partition coefficient (Wildman–Crippen LogP) is 3.76. The van der Waals surface area contributed by atoms with Gasteiger partial charge in [-0.25, -0.2) is 4.98 Å². The van der Waals surface area contributed by atoms with Crippen LogP contribution in [0.5, 0.6) is 0 Å². The van der Waals surface area contributed by atoms with E-state index in [1.54, 1.807) is 17.0 Å². The highest BCUT2D eigenvalue weighted by Crippen LogP contribution is 2.31. The fraction of sp³-hybridized carbons (Fsp3) is 0.261. The first-order valence-corrected chi connectivity index (χ1v) is 11.1. The molecule has 1 aliphatic heterocycles. The van der Waals surface area contributed by atoms with Crippen molar-refractivity contribution in [1.82, 2.24) is 19.8 Å². The van der Waals surface area contributed by atoms with Crippen LogP contribution in [0.4, 0.5) is 0 Å². The van der Waals surface area contributed by atoms with Gasteiger partial charge in [-0.15, -0.1) is 11.3 Å². The molecule has 4 aromatic rings. The second-order valence-corrected chi connectivity index (χ2v) is 8.49. The van der Waals surface area contributed by atoms with Crippen molar-refractivity contribution in [1.29, 1.82) is 0 Å². The van der Waals surface area contributed by atoms with Crippen LogP contribution in [-0.2, 0) is 0 Å². The Hall–Kier alpha value is -3.23. The molecule has 1 saturated heterocycles. The third kappa shape index (κ3) is 3.68. The monoisotopic (exact) mass is 434 g/mol. The average Bonchev–Trinajstić information content (AvgIpc) is 3.49. The van der Waals surface area contributed by atoms with Crippen molar-refractivity contribution >= 4 is 27.5 Å². The molecule has 5 rings (SSSR count). The Morgan fingerprint density at radius 3 is 2.61 bits per heavy atom. The van der Waals surface area contributed by atoms with Gasteiger partial charge in [-0.3, -0.25) is 14.5 Å². The van der Waals surface area contributed by atoms with Crippen molar-refractivity contribution in [2.45, 2.75) is 13.0 Å². The quantitative estimate of drug-likeness (QED) is 0.529. The van der Waals surface area contributed by atoms with Crippen LogP contribution in [-0.4, -0.2) is 51.9 Å². The number of fused-ring (bicyclic) bond motifs is 1. The zero-order chi connectivity index (χ0) is 21.4. The summed E-state index contributed by atoms with van der Waals surface area (Å²) in [5.41, 5.74) is 1.82. The van der Waals surface area contributed by atoms with E-state index >= 15 is 0 Å². The summed E-state index contributed by atoms with van der Waals surface area (Å²) in [6.07, 6.45) is 1.51. The number of piperazine rings is 1. The molecule has 1 N–H and O–H groups in total. The Balaban J connectivity index is 1.34. The van der Waals surface area contributed by atoms with E-state index in [-0.39, 0.29) is 17.5 Å². The maximum atomic E-state index is 12.9. The Morgan fingerprint density at radius 1 is 1.13 bits per heavy atom. The number of nitrogens with one attached hydrogen (secondary N) is 1. The van der Waals surface area contributed by atoms with Crippen LogP contribution in [0.15, 0.2) is 63.3 Å². The second-order valence-electron chi connectivity index (χ2n) is 7.63. The van der Waals surface area contributed by atoms with Crippen LogP contribution in [0.25, 0.3) is 21.3 Å². The Labute approximate surface area is 182 Å². The fourth-order valence-electron chi connectivity index (χ4n) is 4.03. The summed E-state index contributed by atoms with van der Waals surface area (Å²) in [5, 5.41) is 2.64. The molecule has 1 fully saturated rings. The summed E-state index contributed by atoms with van der Waals surface area (Å²) >= 11 is 1.49. The van der Waals surface area contributed by atoms with Gasteiger partial charge < -0.3 is 14.3 Å². The summed E-state index contributed by atoms with van der Waals surface area (Å²) in [4.78, 5) is 38.0. The van der Waals surface area contributed by atoms with Gasteiger partial charge in [0.05, 0.1) is 17.7 Å². The van der Waals surface area contributed by atoms with Gasteiger partial charge in [0, 0.05) is 37.1 Å². The van der Waals surface area contributed by atoms with Crippen molar-refractivity contribution < 1.29 is 9.21 Å². The summed E-state index contributed by atoms with van der Waals surface area (Å²) in [6, 6.07) is 13.2. The molecule has 1 atom stereocenters. The number of amides is 1. The van der Waals surface area contributed by atoms with E-state index < -0.39 is 0 Å². The van der Waals surface area contributed by atoms with E-state index in [4.69, 9.17) is 9.40 Å². The van der Waals surface area contributed by atoms with E-state index in [9.17, 15) is 9.59 Å². The number of hydrogen-bond acceptors (Lipinski definition) is 6. The molecule has 0 radical (unpaired) electrons. The van der Waals surface area contributed by atoms with E-state index in [1.165, 1.54) is 17.6 Å². The molecule has 1 aliphatic rings. The summed E-state index contributed by atoms with van der Waals surface area (Å²) in [6.45, 7) is 4.66. The third-order valence-corrected chi connectivity index (χ3v) is 6.70. The van der Waals surface area contributed by atoms with Gasteiger partial charge in [0.1, 0.15) is 10.7 Å². The topological polar surface area (TPSA) is 82.4 Å². The number of rotatable bonds is 4. The molecule has 7 nitrogen and oxygen atoms in total. The molecule has 0 saturated carbocycles. The predicted molar refractivity (Wildman–Crippen MR) is 120 cm³/mol. The van der Waals surface area contributed by atoms with Crippen LogP contribution < -0.4 is 5.56 Å². The molecule has 3 aromatic heterocycles. The Kier molecular flexibility index (Phi) is 5.17. The normalized spacial score (nSPS) is 16.0. The molecule has 0 aliphatic carbocycles. The third-order valence-electron chi connectivity index (χ3n) is 5.82. The van der Waals surface area contributed by atoms with Crippen LogP contribution in [0.2, 0.25) is 0 Å². The number of furan rings is 1. The van der Waals surface area contributed by atoms with E-state index in [2.05, 4.69) is 9.88 Å². The zero-order valence-electron chi connectivity index (χ0n) is 17.1. The van der Waals surface area contributed by atoms with Gasteiger partial charge in [0.15, 0.2) is 5.76 Å². The average molecular weight is 435 g/mol. The lowest BCUT2D eigenvalue weighted by Gasteiger charge is -2.37. The highest BCUT2D eigenvalue weighted by atomic mass is 32.1. The van der Waals surface area contributed by atoms with Gasteiger partial charge >= 0.3 is 0 Å². The minimum Gasteiger partial charge on any atom is -0.459 e. The first kappa shape index (κ1) is 19.7. The molecule has 4 heterocycles. The molecule has 158 valence electrons. The smallest absolute Gasteiger partial charge is 0.289 e. The fourth-order valence-corrected chi connectivity index (χ4v) is 4.99. The Bertz CT molecular complexity index is 1260. The van der Waals surface area contributed by atoms with Gasteiger partial charge in [-0.2, -0.15) is 0 Å².